The summed E-state index contributed by atoms with van der Waals surface area (Å²) in [5.74, 6) is 0. The predicted molar refractivity (Wildman–Crippen MR) is 151 cm³/mol. The molecule has 0 saturated heterocycles. The van der Waals surface area contributed by atoms with Crippen LogP contribution in [0.5, 0.6) is 0 Å². The average molecular weight is 459 g/mol. The normalized spacial score (nSPS) is 13.4. The molecule has 0 spiro atoms. The Labute approximate surface area is 212 Å². The first-order chi connectivity index (χ1) is 17.8. The van der Waals surface area contributed by atoms with E-state index in [2.05, 4.69) is 146 Å². The van der Waals surface area contributed by atoms with Gasteiger partial charge in [-0.25, -0.2) is 0 Å². The molecule has 170 valence electrons. The lowest BCUT2D eigenvalue weighted by molar-refractivity contribution is 0.769. The van der Waals surface area contributed by atoms with Crippen molar-refractivity contribution in [1.82, 2.24) is 0 Å². The molecule has 1 aliphatic carbocycles. The van der Waals surface area contributed by atoms with Gasteiger partial charge in [-0.1, -0.05) is 133 Å². The van der Waals surface area contributed by atoms with Crippen molar-refractivity contribution in [1.29, 1.82) is 0 Å². The van der Waals surface area contributed by atoms with E-state index >= 15 is 0 Å². The topological polar surface area (TPSA) is 0 Å². The van der Waals surface area contributed by atoms with Gasteiger partial charge < -0.3 is 0 Å². The molecule has 0 radical (unpaired) electrons. The second-order valence-electron chi connectivity index (χ2n) is 9.77. The summed E-state index contributed by atoms with van der Waals surface area (Å²) in [4.78, 5) is 0. The maximum absolute atomic E-state index is 2.46. The summed E-state index contributed by atoms with van der Waals surface area (Å²) in [6.07, 6.45) is 0. The highest BCUT2D eigenvalue weighted by molar-refractivity contribution is 5.99. The fraction of sp³-hybridized carbons (Fsp3) is 0.0556. The van der Waals surface area contributed by atoms with Crippen molar-refractivity contribution in [3.05, 3.63) is 167 Å². The minimum Gasteiger partial charge on any atom is -0.0622 e. The van der Waals surface area contributed by atoms with Crippen LogP contribution in [0, 0.1) is 6.92 Å². The summed E-state index contributed by atoms with van der Waals surface area (Å²) < 4.78 is 0. The average Bonchev–Trinajstić information content (AvgIpc) is 3.24. The molecule has 1 aliphatic rings. The smallest absolute Gasteiger partial charge is 0.0622 e. The molecule has 0 N–H and O–H groups in total. The van der Waals surface area contributed by atoms with Crippen LogP contribution in [0.1, 0.15) is 27.8 Å². The summed E-state index contributed by atoms with van der Waals surface area (Å²) in [6.45, 7) is 2.23. The molecule has 0 aliphatic heterocycles. The van der Waals surface area contributed by atoms with E-state index < -0.39 is 0 Å². The van der Waals surface area contributed by atoms with Crippen LogP contribution < -0.4 is 0 Å². The molecule has 0 bridgehead atoms. The second kappa shape index (κ2) is 8.07. The van der Waals surface area contributed by atoms with Crippen LogP contribution in [-0.2, 0) is 5.41 Å². The number of benzene rings is 6. The van der Waals surface area contributed by atoms with Crippen LogP contribution in [0.2, 0.25) is 0 Å². The van der Waals surface area contributed by atoms with Crippen molar-refractivity contribution >= 4 is 10.8 Å². The van der Waals surface area contributed by atoms with Crippen LogP contribution in [0.3, 0.4) is 0 Å². The third-order valence-electron chi connectivity index (χ3n) is 7.88. The zero-order chi connectivity index (χ0) is 24.1. The molecular formula is C36H26. The molecule has 36 heavy (non-hydrogen) atoms. The van der Waals surface area contributed by atoms with Crippen molar-refractivity contribution in [2.75, 3.05) is 0 Å². The van der Waals surface area contributed by atoms with E-state index in [0.29, 0.717) is 0 Å². The summed E-state index contributed by atoms with van der Waals surface area (Å²) >= 11 is 0. The van der Waals surface area contributed by atoms with E-state index in [-0.39, 0.29) is 5.41 Å². The Morgan fingerprint density at radius 1 is 0.472 bits per heavy atom. The standard InChI is InChI=1S/C36H26/c1-25-20-21-26-12-8-9-17-30(26)35(25)27-22-23-32-31-18-10-11-19-33(31)36(34(32)24-27,28-13-4-2-5-14-28)29-15-6-3-7-16-29/h2-24H,1H3. The predicted octanol–water partition coefficient (Wildman–Crippen LogP) is 9.18. The summed E-state index contributed by atoms with van der Waals surface area (Å²) in [6, 6.07) is 51.3. The maximum atomic E-state index is 2.46. The van der Waals surface area contributed by atoms with Gasteiger partial charge in [-0.05, 0) is 73.8 Å². The van der Waals surface area contributed by atoms with Crippen LogP contribution in [0.15, 0.2) is 140 Å². The molecule has 7 rings (SSSR count). The summed E-state index contributed by atoms with van der Waals surface area (Å²) in [5, 5.41) is 2.58. The first kappa shape index (κ1) is 20.9. The summed E-state index contributed by atoms with van der Waals surface area (Å²) in [7, 11) is 0. The van der Waals surface area contributed by atoms with E-state index in [0.717, 1.165) is 0 Å². The lowest BCUT2D eigenvalue weighted by Gasteiger charge is -2.34. The lowest BCUT2D eigenvalue weighted by atomic mass is 9.67. The number of rotatable bonds is 3. The summed E-state index contributed by atoms with van der Waals surface area (Å²) in [5.41, 5.74) is 11.5. The van der Waals surface area contributed by atoms with E-state index in [1.54, 1.807) is 0 Å². The van der Waals surface area contributed by atoms with Gasteiger partial charge in [0.25, 0.3) is 0 Å². The first-order valence-electron chi connectivity index (χ1n) is 12.6. The van der Waals surface area contributed by atoms with Crippen molar-refractivity contribution < 1.29 is 0 Å². The Bertz CT molecular complexity index is 1690. The van der Waals surface area contributed by atoms with E-state index in [1.165, 1.54) is 60.8 Å². The Hall–Kier alpha value is -4.42. The van der Waals surface area contributed by atoms with Gasteiger partial charge in [-0.3, -0.25) is 0 Å². The minimum atomic E-state index is -0.372. The first-order valence-corrected chi connectivity index (χ1v) is 12.6. The van der Waals surface area contributed by atoms with Gasteiger partial charge in [0.2, 0.25) is 0 Å². The molecule has 6 aromatic carbocycles. The second-order valence-corrected chi connectivity index (χ2v) is 9.77. The van der Waals surface area contributed by atoms with Gasteiger partial charge in [0.15, 0.2) is 0 Å². The molecule has 0 heterocycles. The van der Waals surface area contributed by atoms with Gasteiger partial charge in [0.05, 0.1) is 5.41 Å². The van der Waals surface area contributed by atoms with Gasteiger partial charge in [0.1, 0.15) is 0 Å². The van der Waals surface area contributed by atoms with Crippen molar-refractivity contribution in [3.8, 4) is 22.3 Å². The fourth-order valence-corrected chi connectivity index (χ4v) is 6.36. The largest absolute Gasteiger partial charge is 0.0713 e. The van der Waals surface area contributed by atoms with E-state index in [9.17, 15) is 0 Å². The highest BCUT2D eigenvalue weighted by atomic mass is 14.5. The van der Waals surface area contributed by atoms with E-state index in [4.69, 9.17) is 0 Å². The molecular weight excluding hydrogens is 432 g/mol. The van der Waals surface area contributed by atoms with Crippen LogP contribution in [0.25, 0.3) is 33.0 Å². The van der Waals surface area contributed by atoms with Gasteiger partial charge in [-0.2, -0.15) is 0 Å². The van der Waals surface area contributed by atoms with E-state index in [1.807, 2.05) is 0 Å². The monoisotopic (exact) mass is 458 g/mol. The minimum absolute atomic E-state index is 0.372. The van der Waals surface area contributed by atoms with Crippen LogP contribution in [0.4, 0.5) is 0 Å². The Morgan fingerprint density at radius 3 is 1.83 bits per heavy atom. The Balaban J connectivity index is 1.61. The fourth-order valence-electron chi connectivity index (χ4n) is 6.36. The number of fused-ring (bicyclic) bond motifs is 4. The zero-order valence-corrected chi connectivity index (χ0v) is 20.3. The van der Waals surface area contributed by atoms with Gasteiger partial charge >= 0.3 is 0 Å². The maximum Gasteiger partial charge on any atom is 0.0713 e. The molecule has 0 nitrogen and oxygen atoms in total. The molecule has 0 saturated carbocycles. The van der Waals surface area contributed by atoms with Crippen molar-refractivity contribution in [2.45, 2.75) is 12.3 Å². The molecule has 0 atom stereocenters. The SMILES string of the molecule is Cc1ccc2ccccc2c1-c1ccc2c(c1)C(c1ccccc1)(c1ccccc1)c1ccccc1-2. The number of hydrogen-bond donors (Lipinski definition) is 0. The third kappa shape index (κ3) is 2.88. The van der Waals surface area contributed by atoms with Gasteiger partial charge in [-0.15, -0.1) is 0 Å². The van der Waals surface area contributed by atoms with Crippen LogP contribution in [-0.4, -0.2) is 0 Å². The number of hydrogen-bond acceptors (Lipinski definition) is 0. The highest BCUT2D eigenvalue weighted by Gasteiger charge is 2.46. The van der Waals surface area contributed by atoms with Gasteiger partial charge in [0, 0.05) is 0 Å². The highest BCUT2D eigenvalue weighted by Crippen LogP contribution is 2.56. The number of aryl methyl sites for hydroxylation is 1. The zero-order valence-electron chi connectivity index (χ0n) is 20.3. The van der Waals surface area contributed by atoms with Crippen molar-refractivity contribution in [2.24, 2.45) is 0 Å². The Morgan fingerprint density at radius 2 is 1.08 bits per heavy atom. The third-order valence-corrected chi connectivity index (χ3v) is 7.88. The lowest BCUT2D eigenvalue weighted by Crippen LogP contribution is -2.28. The molecule has 6 aromatic rings. The molecule has 0 unspecified atom stereocenters. The molecule has 0 aromatic heterocycles. The van der Waals surface area contributed by atoms with Crippen LogP contribution >= 0.6 is 0 Å². The molecule has 0 heteroatoms. The van der Waals surface area contributed by atoms with Crippen molar-refractivity contribution in [3.63, 3.8) is 0 Å². The molecule has 0 fully saturated rings. The molecule has 0 amide bonds. The quantitative estimate of drug-likeness (QED) is 0.248. The Kier molecular flexibility index (Phi) is 4.69.